The summed E-state index contributed by atoms with van der Waals surface area (Å²) in [5, 5.41) is 16.3. The molecular formula is C4H7NaO5S. The molecule has 0 spiro atoms. The van der Waals surface area contributed by atoms with Gasteiger partial charge in [0.25, 0.3) is 0 Å². The molecule has 0 aromatic rings. The first-order chi connectivity index (χ1) is 4.57. The third-order valence-electron chi connectivity index (χ3n) is 0.763. The van der Waals surface area contributed by atoms with Gasteiger partial charge in [0.05, 0.1) is 6.42 Å². The van der Waals surface area contributed by atoms with E-state index < -0.39 is 24.5 Å². The second-order valence-electron chi connectivity index (χ2n) is 1.53. The summed E-state index contributed by atoms with van der Waals surface area (Å²) in [6, 6.07) is 0. The van der Waals surface area contributed by atoms with Crippen molar-refractivity contribution in [1.82, 2.24) is 0 Å². The Morgan fingerprint density at radius 1 is 1.55 bits per heavy atom. The van der Waals surface area contributed by atoms with E-state index in [4.69, 9.17) is 10.2 Å². The van der Waals surface area contributed by atoms with E-state index in [1.807, 2.05) is 0 Å². The Balaban J connectivity index is -0.000000405. The number of thiol groups is 1. The molecule has 0 saturated heterocycles. The summed E-state index contributed by atoms with van der Waals surface area (Å²) in [5.74, 6) is -2.57. The minimum Gasteiger partial charge on any atom is -1.00 e. The second-order valence-corrected chi connectivity index (χ2v) is 1.74. The summed E-state index contributed by atoms with van der Waals surface area (Å²) < 4.78 is 4.04. The van der Waals surface area contributed by atoms with Gasteiger partial charge in [-0.3, -0.25) is 4.79 Å². The first kappa shape index (κ1) is 13.8. The standard InChI is InChI=1S/C4H6O5S.Na.H/c5-3(6)1-2(9-10)4(7)8;;/h2,10H,1H2,(H,5,6)(H,7,8);;/q;+1;-1. The van der Waals surface area contributed by atoms with Crippen LogP contribution in [0.1, 0.15) is 7.85 Å². The van der Waals surface area contributed by atoms with Gasteiger partial charge < -0.3 is 15.8 Å². The van der Waals surface area contributed by atoms with Crippen LogP contribution in [0, 0.1) is 0 Å². The summed E-state index contributed by atoms with van der Waals surface area (Å²) in [5.41, 5.74) is 0. The molecule has 0 saturated carbocycles. The number of carboxylic acids is 2. The maximum Gasteiger partial charge on any atom is 1.00 e. The summed E-state index contributed by atoms with van der Waals surface area (Å²) in [4.78, 5) is 19.9. The van der Waals surface area contributed by atoms with Gasteiger partial charge >= 0.3 is 41.5 Å². The normalized spacial score (nSPS) is 11.4. The molecule has 1 atom stereocenters. The fourth-order valence-electron chi connectivity index (χ4n) is 0.328. The molecule has 0 amide bonds. The maximum atomic E-state index is 10.0. The van der Waals surface area contributed by atoms with Gasteiger partial charge in [0.2, 0.25) is 0 Å². The van der Waals surface area contributed by atoms with Crippen LogP contribution in [0.15, 0.2) is 0 Å². The Bertz CT molecular complexity index is 154. The van der Waals surface area contributed by atoms with Crippen molar-refractivity contribution >= 4 is 24.8 Å². The number of carbonyl (C=O) groups is 2. The number of carboxylic acid groups (broad SMARTS) is 2. The Labute approximate surface area is 92.1 Å². The Hall–Kier alpha value is 0.250. The van der Waals surface area contributed by atoms with E-state index in [0.717, 1.165) is 0 Å². The van der Waals surface area contributed by atoms with Crippen LogP contribution in [0.3, 0.4) is 0 Å². The van der Waals surface area contributed by atoms with Crippen molar-refractivity contribution in [2.24, 2.45) is 0 Å². The molecule has 0 radical (unpaired) electrons. The molecule has 0 heterocycles. The predicted octanol–water partition coefficient (Wildman–Crippen LogP) is -3.11. The molecule has 0 aliphatic carbocycles. The monoisotopic (exact) mass is 190 g/mol. The Morgan fingerprint density at radius 3 is 2.09 bits per heavy atom. The number of hydrogen-bond donors (Lipinski definition) is 3. The van der Waals surface area contributed by atoms with Gasteiger partial charge in [-0.15, -0.1) is 0 Å². The van der Waals surface area contributed by atoms with E-state index in [2.05, 4.69) is 17.1 Å². The third-order valence-corrected chi connectivity index (χ3v) is 1.02. The first-order valence-corrected chi connectivity index (χ1v) is 2.69. The minimum absolute atomic E-state index is 0. The summed E-state index contributed by atoms with van der Waals surface area (Å²) >= 11 is 3.19. The largest absolute Gasteiger partial charge is 1.00 e. The van der Waals surface area contributed by atoms with E-state index in [9.17, 15) is 9.59 Å². The minimum atomic E-state index is -1.37. The predicted molar refractivity (Wildman–Crippen MR) is 34.9 cm³/mol. The van der Waals surface area contributed by atoms with Crippen molar-refractivity contribution in [3.8, 4) is 0 Å². The number of aliphatic carboxylic acids is 2. The molecule has 0 fully saturated rings. The Morgan fingerprint density at radius 2 is 2.00 bits per heavy atom. The Kier molecular flexibility index (Phi) is 8.70. The van der Waals surface area contributed by atoms with Crippen molar-refractivity contribution in [1.29, 1.82) is 0 Å². The van der Waals surface area contributed by atoms with Crippen LogP contribution in [0.2, 0.25) is 0 Å². The van der Waals surface area contributed by atoms with E-state index in [1.165, 1.54) is 0 Å². The molecule has 11 heavy (non-hydrogen) atoms. The molecule has 60 valence electrons. The van der Waals surface area contributed by atoms with Crippen molar-refractivity contribution < 1.29 is 55.0 Å². The van der Waals surface area contributed by atoms with Gasteiger partial charge in [-0.05, 0) is 12.9 Å². The van der Waals surface area contributed by atoms with Gasteiger partial charge in [0.1, 0.15) is 0 Å². The molecule has 0 aliphatic rings. The number of hydrogen-bond acceptors (Lipinski definition) is 4. The molecular weight excluding hydrogens is 183 g/mol. The van der Waals surface area contributed by atoms with Gasteiger partial charge in [-0.25, -0.2) is 4.79 Å². The third kappa shape index (κ3) is 6.64. The zero-order chi connectivity index (χ0) is 8.15. The van der Waals surface area contributed by atoms with Crippen LogP contribution in [-0.4, -0.2) is 28.3 Å². The maximum absolute atomic E-state index is 10.0. The van der Waals surface area contributed by atoms with Gasteiger partial charge in [0, 0.05) is 0 Å². The quantitative estimate of drug-likeness (QED) is 0.248. The first-order valence-electron chi connectivity index (χ1n) is 2.32. The van der Waals surface area contributed by atoms with Crippen molar-refractivity contribution in [2.45, 2.75) is 12.5 Å². The van der Waals surface area contributed by atoms with Crippen LogP contribution < -0.4 is 29.6 Å². The van der Waals surface area contributed by atoms with Crippen molar-refractivity contribution in [3.63, 3.8) is 0 Å². The molecule has 1 unspecified atom stereocenters. The SMILES string of the molecule is O=C(O)CC(OS)C(=O)O.[H-].[Na+]. The topological polar surface area (TPSA) is 83.8 Å². The molecule has 0 bridgehead atoms. The summed E-state index contributed by atoms with van der Waals surface area (Å²) in [6.45, 7) is 0. The summed E-state index contributed by atoms with van der Waals surface area (Å²) in [7, 11) is 0. The molecule has 0 aromatic carbocycles. The van der Waals surface area contributed by atoms with E-state index in [-0.39, 0.29) is 31.0 Å². The smallest absolute Gasteiger partial charge is 1.00 e. The zero-order valence-corrected chi connectivity index (χ0v) is 8.75. The fourth-order valence-corrected chi connectivity index (χ4v) is 0.493. The number of rotatable bonds is 4. The van der Waals surface area contributed by atoms with Crippen LogP contribution in [0.5, 0.6) is 0 Å². The zero-order valence-electron chi connectivity index (χ0n) is 6.85. The van der Waals surface area contributed by atoms with Gasteiger partial charge in [-0.1, -0.05) is 0 Å². The van der Waals surface area contributed by atoms with Crippen LogP contribution in [-0.2, 0) is 13.8 Å². The molecule has 2 N–H and O–H groups in total. The van der Waals surface area contributed by atoms with Gasteiger partial charge in [-0.2, -0.15) is 0 Å². The van der Waals surface area contributed by atoms with E-state index in [1.54, 1.807) is 0 Å². The average Bonchev–Trinajstić information content (AvgIpc) is 1.81. The average molecular weight is 190 g/mol. The van der Waals surface area contributed by atoms with Gasteiger partial charge in [0.15, 0.2) is 6.10 Å². The molecule has 5 nitrogen and oxygen atoms in total. The van der Waals surface area contributed by atoms with Crippen molar-refractivity contribution in [2.75, 3.05) is 0 Å². The molecule has 0 aromatic heterocycles. The molecule has 0 aliphatic heterocycles. The van der Waals surface area contributed by atoms with E-state index >= 15 is 0 Å². The van der Waals surface area contributed by atoms with Crippen molar-refractivity contribution in [3.05, 3.63) is 0 Å². The fraction of sp³-hybridized carbons (Fsp3) is 0.500. The second kappa shape index (κ2) is 6.93. The van der Waals surface area contributed by atoms with E-state index in [0.29, 0.717) is 0 Å². The summed E-state index contributed by atoms with van der Waals surface area (Å²) in [6.07, 6.45) is -1.96. The van der Waals surface area contributed by atoms with Crippen LogP contribution in [0.4, 0.5) is 0 Å². The van der Waals surface area contributed by atoms with Crippen LogP contribution in [0.25, 0.3) is 0 Å². The molecule has 7 heteroatoms. The molecule has 0 rings (SSSR count). The van der Waals surface area contributed by atoms with Crippen LogP contribution >= 0.6 is 12.9 Å².